The van der Waals surface area contributed by atoms with E-state index in [9.17, 15) is 4.79 Å². The average Bonchev–Trinajstić information content (AvgIpc) is 3.28. The first-order valence-corrected chi connectivity index (χ1v) is 9.69. The highest BCUT2D eigenvalue weighted by Crippen LogP contribution is 2.41. The fraction of sp³-hybridized carbons (Fsp3) is 0.524. The predicted molar refractivity (Wildman–Crippen MR) is 102 cm³/mol. The van der Waals surface area contributed by atoms with E-state index in [0.29, 0.717) is 6.54 Å². The molecule has 1 aromatic carbocycles. The van der Waals surface area contributed by atoms with Gasteiger partial charge in [0.1, 0.15) is 6.04 Å². The molecule has 3 N–H and O–H groups in total. The van der Waals surface area contributed by atoms with Gasteiger partial charge in [0.25, 0.3) is 0 Å². The number of aromatic amines is 1. The fourth-order valence-corrected chi connectivity index (χ4v) is 4.69. The summed E-state index contributed by atoms with van der Waals surface area (Å²) in [7, 11) is 0. The van der Waals surface area contributed by atoms with Gasteiger partial charge in [0.05, 0.1) is 12.0 Å². The van der Waals surface area contributed by atoms with E-state index in [0.717, 1.165) is 37.2 Å². The summed E-state index contributed by atoms with van der Waals surface area (Å²) >= 11 is 0. The van der Waals surface area contributed by atoms with Gasteiger partial charge in [0, 0.05) is 30.6 Å². The zero-order chi connectivity index (χ0) is 18.1. The van der Waals surface area contributed by atoms with E-state index < -0.39 is 0 Å². The van der Waals surface area contributed by atoms with Crippen LogP contribution in [0.3, 0.4) is 0 Å². The van der Waals surface area contributed by atoms with Gasteiger partial charge in [0.15, 0.2) is 0 Å². The summed E-state index contributed by atoms with van der Waals surface area (Å²) in [6.45, 7) is 5.81. The lowest BCUT2D eigenvalue weighted by molar-refractivity contribution is -0.123. The van der Waals surface area contributed by atoms with Crippen molar-refractivity contribution in [1.82, 2.24) is 20.6 Å². The van der Waals surface area contributed by atoms with Gasteiger partial charge in [0.2, 0.25) is 5.91 Å². The summed E-state index contributed by atoms with van der Waals surface area (Å²) in [6, 6.07) is 6.47. The van der Waals surface area contributed by atoms with E-state index >= 15 is 0 Å². The summed E-state index contributed by atoms with van der Waals surface area (Å²) in [5, 5.41) is 6.56. The van der Waals surface area contributed by atoms with Crippen LogP contribution in [-0.4, -0.2) is 29.0 Å². The molecule has 2 aliphatic rings. The van der Waals surface area contributed by atoms with Gasteiger partial charge in [-0.05, 0) is 32.3 Å². The van der Waals surface area contributed by atoms with Gasteiger partial charge in [-0.3, -0.25) is 4.79 Å². The molecule has 0 spiro atoms. The van der Waals surface area contributed by atoms with Crippen molar-refractivity contribution in [2.45, 2.75) is 57.4 Å². The molecule has 5 heteroatoms. The third-order valence-corrected chi connectivity index (χ3v) is 6.01. The third kappa shape index (κ3) is 3.16. The molecular formula is C21H28N4O. The zero-order valence-corrected chi connectivity index (χ0v) is 15.7. The number of fused-ring (bicyclic) bond motifs is 1. The van der Waals surface area contributed by atoms with Gasteiger partial charge in [-0.1, -0.05) is 42.2 Å². The molecule has 0 unspecified atom stereocenters. The molecular weight excluding hydrogens is 324 g/mol. The van der Waals surface area contributed by atoms with E-state index in [1.807, 2.05) is 0 Å². The minimum absolute atomic E-state index is 0.0358. The summed E-state index contributed by atoms with van der Waals surface area (Å²) in [4.78, 5) is 20.4. The molecule has 1 saturated carbocycles. The Bertz CT molecular complexity index is 784. The van der Waals surface area contributed by atoms with Crippen LogP contribution >= 0.6 is 0 Å². The first-order valence-electron chi connectivity index (χ1n) is 9.69. The molecule has 1 aromatic heterocycles. The van der Waals surface area contributed by atoms with E-state index in [2.05, 4.69) is 52.6 Å². The number of carbonyl (C=O) groups excluding carboxylic acids is 1. The number of hydrogen-bond acceptors (Lipinski definition) is 3. The number of aryl methyl sites for hydroxylation is 2. The maximum absolute atomic E-state index is 12.9. The molecule has 0 saturated heterocycles. The van der Waals surface area contributed by atoms with Crippen LogP contribution in [0.4, 0.5) is 0 Å². The van der Waals surface area contributed by atoms with E-state index in [1.165, 1.54) is 29.5 Å². The second kappa shape index (κ2) is 6.88. The second-order valence-corrected chi connectivity index (χ2v) is 7.99. The molecule has 26 heavy (non-hydrogen) atoms. The molecule has 1 amide bonds. The lowest BCUT2D eigenvalue weighted by Gasteiger charge is -2.32. The van der Waals surface area contributed by atoms with Crippen LogP contribution in [0.2, 0.25) is 0 Å². The SMILES string of the molecule is Cc1cc(C)cc(C2(CNC(=O)[C@H]3NCCc4[nH]cnc43)CCCC2)c1. The monoisotopic (exact) mass is 352 g/mol. The summed E-state index contributed by atoms with van der Waals surface area (Å²) < 4.78 is 0. The van der Waals surface area contributed by atoms with Gasteiger partial charge < -0.3 is 15.6 Å². The van der Waals surface area contributed by atoms with Crippen LogP contribution in [0.1, 0.15) is 59.8 Å². The second-order valence-electron chi connectivity index (χ2n) is 7.99. The lowest BCUT2D eigenvalue weighted by Crippen LogP contribution is -2.46. The number of H-pyrrole nitrogens is 1. The number of imidazole rings is 1. The number of rotatable bonds is 4. The van der Waals surface area contributed by atoms with Crippen molar-refractivity contribution in [3.63, 3.8) is 0 Å². The Hall–Kier alpha value is -2.14. The molecule has 2 aromatic rings. The average molecular weight is 352 g/mol. The fourth-order valence-electron chi connectivity index (χ4n) is 4.69. The summed E-state index contributed by atoms with van der Waals surface area (Å²) in [5.74, 6) is 0.0358. The molecule has 1 atom stereocenters. The predicted octanol–water partition coefficient (Wildman–Crippen LogP) is 2.84. The number of amides is 1. The maximum Gasteiger partial charge on any atom is 0.243 e. The van der Waals surface area contributed by atoms with Crippen molar-refractivity contribution in [3.8, 4) is 0 Å². The number of aromatic nitrogens is 2. The van der Waals surface area contributed by atoms with Crippen LogP contribution in [-0.2, 0) is 16.6 Å². The minimum Gasteiger partial charge on any atom is -0.353 e. The summed E-state index contributed by atoms with van der Waals surface area (Å²) in [5.41, 5.74) is 5.97. The Labute approximate surface area is 155 Å². The Morgan fingerprint density at radius 3 is 2.69 bits per heavy atom. The van der Waals surface area contributed by atoms with Crippen LogP contribution < -0.4 is 10.6 Å². The topological polar surface area (TPSA) is 69.8 Å². The zero-order valence-electron chi connectivity index (χ0n) is 15.7. The third-order valence-electron chi connectivity index (χ3n) is 6.01. The quantitative estimate of drug-likeness (QED) is 0.792. The number of hydrogen-bond donors (Lipinski definition) is 3. The van der Waals surface area contributed by atoms with E-state index in [-0.39, 0.29) is 17.4 Å². The van der Waals surface area contributed by atoms with E-state index in [1.54, 1.807) is 6.33 Å². The van der Waals surface area contributed by atoms with Crippen molar-refractivity contribution >= 4 is 5.91 Å². The van der Waals surface area contributed by atoms with Gasteiger partial charge >= 0.3 is 0 Å². The first kappa shape index (κ1) is 17.3. The molecule has 2 heterocycles. The summed E-state index contributed by atoms with van der Waals surface area (Å²) in [6.07, 6.45) is 7.32. The largest absolute Gasteiger partial charge is 0.353 e. The Morgan fingerprint density at radius 2 is 1.96 bits per heavy atom. The Morgan fingerprint density at radius 1 is 1.23 bits per heavy atom. The van der Waals surface area contributed by atoms with E-state index in [4.69, 9.17) is 0 Å². The number of benzene rings is 1. The Balaban J connectivity index is 1.52. The number of carbonyl (C=O) groups is 1. The van der Waals surface area contributed by atoms with Gasteiger partial charge in [-0.2, -0.15) is 0 Å². The highest BCUT2D eigenvalue weighted by atomic mass is 16.2. The van der Waals surface area contributed by atoms with Gasteiger partial charge in [-0.25, -0.2) is 4.98 Å². The van der Waals surface area contributed by atoms with Gasteiger partial charge in [-0.15, -0.1) is 0 Å². The van der Waals surface area contributed by atoms with Crippen LogP contribution in [0, 0.1) is 13.8 Å². The maximum atomic E-state index is 12.9. The highest BCUT2D eigenvalue weighted by Gasteiger charge is 2.37. The minimum atomic E-state index is -0.345. The van der Waals surface area contributed by atoms with Crippen LogP contribution in [0.5, 0.6) is 0 Å². The smallest absolute Gasteiger partial charge is 0.243 e. The normalized spacial score (nSPS) is 21.4. The molecule has 1 aliphatic carbocycles. The molecule has 0 bridgehead atoms. The van der Waals surface area contributed by atoms with Crippen LogP contribution in [0.15, 0.2) is 24.5 Å². The highest BCUT2D eigenvalue weighted by molar-refractivity contribution is 5.83. The molecule has 1 fully saturated rings. The van der Waals surface area contributed by atoms with Crippen molar-refractivity contribution in [1.29, 1.82) is 0 Å². The molecule has 1 aliphatic heterocycles. The molecule has 0 radical (unpaired) electrons. The number of nitrogens with one attached hydrogen (secondary N) is 3. The van der Waals surface area contributed by atoms with Crippen molar-refractivity contribution in [2.75, 3.05) is 13.1 Å². The Kier molecular flexibility index (Phi) is 4.57. The molecule has 4 rings (SSSR count). The van der Waals surface area contributed by atoms with Crippen LogP contribution in [0.25, 0.3) is 0 Å². The van der Waals surface area contributed by atoms with Crippen molar-refractivity contribution < 1.29 is 4.79 Å². The van der Waals surface area contributed by atoms with Crippen molar-refractivity contribution in [2.24, 2.45) is 0 Å². The standard InChI is InChI=1S/C21H28N4O/c1-14-9-15(2)11-16(10-14)21(6-3-4-7-21)12-23-20(26)19-18-17(5-8-22-19)24-13-25-18/h9-11,13,19,22H,3-8,12H2,1-2H3,(H,23,26)(H,24,25)/t19-/m0/s1. The lowest BCUT2D eigenvalue weighted by atomic mass is 9.77. The molecule has 5 nitrogen and oxygen atoms in total. The first-order chi connectivity index (χ1) is 12.6. The molecule has 138 valence electrons. The number of nitrogens with zero attached hydrogens (tertiary/aromatic N) is 1. The van der Waals surface area contributed by atoms with Crippen molar-refractivity contribution in [3.05, 3.63) is 52.6 Å².